The Bertz CT molecular complexity index is 1020. The van der Waals surface area contributed by atoms with E-state index in [9.17, 15) is 13.5 Å². The Kier molecular flexibility index (Phi) is 6.49. The van der Waals surface area contributed by atoms with Crippen molar-refractivity contribution in [2.24, 2.45) is 11.1 Å². The SMILES string of the molecule is Cc1c(S(N)(=O)=O)cc(-c2cc(C(C)(C)C)cc(C(C)(C)O)c2)n1CC1CCCCC1. The number of nitrogens with zero attached hydrogens (tertiary/aromatic N) is 1. The molecule has 2 aromatic rings. The first-order chi connectivity index (χ1) is 14.2. The van der Waals surface area contributed by atoms with Gasteiger partial charge < -0.3 is 9.67 Å². The molecule has 0 unspecified atom stereocenters. The lowest BCUT2D eigenvalue weighted by molar-refractivity contribution is 0.0785. The number of hydrogen-bond acceptors (Lipinski definition) is 3. The number of nitrogens with two attached hydrogens (primary N) is 1. The number of rotatable bonds is 5. The van der Waals surface area contributed by atoms with E-state index in [1.54, 1.807) is 19.9 Å². The molecule has 1 aliphatic rings. The van der Waals surface area contributed by atoms with Crippen LogP contribution in [0.1, 0.15) is 83.5 Å². The van der Waals surface area contributed by atoms with Crippen molar-refractivity contribution in [2.75, 3.05) is 0 Å². The highest BCUT2D eigenvalue weighted by atomic mass is 32.2. The van der Waals surface area contributed by atoms with Gasteiger partial charge in [0.15, 0.2) is 0 Å². The fourth-order valence-corrected chi connectivity index (χ4v) is 5.37. The minimum Gasteiger partial charge on any atom is -0.386 e. The van der Waals surface area contributed by atoms with E-state index in [2.05, 4.69) is 31.4 Å². The second-order valence-corrected chi connectivity index (χ2v) is 12.3. The summed E-state index contributed by atoms with van der Waals surface area (Å²) in [6.45, 7) is 12.6. The molecule has 1 heterocycles. The minimum atomic E-state index is -3.83. The summed E-state index contributed by atoms with van der Waals surface area (Å²) >= 11 is 0. The number of sulfonamides is 1. The monoisotopic (exact) mass is 446 g/mol. The second kappa shape index (κ2) is 8.38. The van der Waals surface area contributed by atoms with Crippen LogP contribution in [0.5, 0.6) is 0 Å². The van der Waals surface area contributed by atoms with Crippen LogP contribution in [0.15, 0.2) is 29.2 Å². The topological polar surface area (TPSA) is 85.3 Å². The summed E-state index contributed by atoms with van der Waals surface area (Å²) in [6, 6.07) is 7.86. The molecule has 1 saturated carbocycles. The molecule has 1 fully saturated rings. The van der Waals surface area contributed by atoms with Crippen molar-refractivity contribution < 1.29 is 13.5 Å². The average Bonchev–Trinajstić information content (AvgIpc) is 2.97. The summed E-state index contributed by atoms with van der Waals surface area (Å²) in [6.07, 6.45) is 6.06. The minimum absolute atomic E-state index is 0.116. The number of aliphatic hydroxyl groups is 1. The zero-order chi connectivity index (χ0) is 23.2. The van der Waals surface area contributed by atoms with E-state index in [0.29, 0.717) is 11.6 Å². The van der Waals surface area contributed by atoms with Crippen LogP contribution in [0.2, 0.25) is 0 Å². The van der Waals surface area contributed by atoms with Crippen LogP contribution in [0, 0.1) is 12.8 Å². The van der Waals surface area contributed by atoms with E-state index in [0.717, 1.165) is 28.9 Å². The molecular formula is C25H38N2O3S. The van der Waals surface area contributed by atoms with Crippen LogP contribution in [0.25, 0.3) is 11.3 Å². The van der Waals surface area contributed by atoms with Gasteiger partial charge in [-0.25, -0.2) is 13.6 Å². The van der Waals surface area contributed by atoms with Gasteiger partial charge in [-0.05, 0) is 79.8 Å². The second-order valence-electron chi connectivity index (χ2n) is 10.7. The van der Waals surface area contributed by atoms with Crippen LogP contribution < -0.4 is 5.14 Å². The predicted octanol–water partition coefficient (Wildman–Crippen LogP) is 5.22. The molecule has 0 bridgehead atoms. The van der Waals surface area contributed by atoms with E-state index in [4.69, 9.17) is 5.14 Å². The van der Waals surface area contributed by atoms with E-state index in [-0.39, 0.29) is 10.3 Å². The first-order valence-electron chi connectivity index (χ1n) is 11.3. The van der Waals surface area contributed by atoms with Crippen molar-refractivity contribution in [2.45, 2.75) is 96.1 Å². The van der Waals surface area contributed by atoms with E-state index in [1.807, 2.05) is 19.1 Å². The van der Waals surface area contributed by atoms with Gasteiger partial charge in [0.1, 0.15) is 4.90 Å². The third-order valence-corrected chi connectivity index (χ3v) is 7.62. The lowest BCUT2D eigenvalue weighted by atomic mass is 9.82. The Balaban J connectivity index is 2.23. The molecule has 0 spiro atoms. The highest BCUT2D eigenvalue weighted by molar-refractivity contribution is 7.89. The van der Waals surface area contributed by atoms with Gasteiger partial charge in [0.05, 0.1) is 5.60 Å². The lowest BCUT2D eigenvalue weighted by Gasteiger charge is -2.27. The van der Waals surface area contributed by atoms with Gasteiger partial charge in [0, 0.05) is 17.9 Å². The molecule has 0 saturated heterocycles. The molecule has 172 valence electrons. The standard InChI is InChI=1S/C25H38N2O3S/c1-17-23(31(26,29)30)15-22(27(17)16-18-10-8-7-9-11-18)19-12-20(24(2,3)4)14-21(13-19)25(5,6)28/h12-15,18,28H,7-11,16H2,1-6H3,(H2,26,29,30). The van der Waals surface area contributed by atoms with Crippen molar-refractivity contribution in [1.82, 2.24) is 4.57 Å². The third-order valence-electron chi connectivity index (χ3n) is 6.59. The van der Waals surface area contributed by atoms with Crippen molar-refractivity contribution in [1.29, 1.82) is 0 Å². The average molecular weight is 447 g/mol. The molecule has 1 aromatic carbocycles. The van der Waals surface area contributed by atoms with Crippen molar-refractivity contribution in [3.63, 3.8) is 0 Å². The Labute approximate surface area is 187 Å². The van der Waals surface area contributed by atoms with Gasteiger partial charge in [-0.3, -0.25) is 0 Å². The maximum atomic E-state index is 12.3. The summed E-state index contributed by atoms with van der Waals surface area (Å²) in [5.74, 6) is 0.534. The maximum absolute atomic E-state index is 12.3. The first kappa shape index (κ1) is 24.0. The predicted molar refractivity (Wildman–Crippen MR) is 126 cm³/mol. The Morgan fingerprint density at radius 1 is 1.00 bits per heavy atom. The molecule has 0 amide bonds. The number of hydrogen-bond donors (Lipinski definition) is 2. The van der Waals surface area contributed by atoms with Crippen LogP contribution in [-0.4, -0.2) is 18.1 Å². The highest BCUT2D eigenvalue weighted by Crippen LogP contribution is 2.37. The number of primary sulfonamides is 1. The fourth-order valence-electron chi connectivity index (χ4n) is 4.57. The Hall–Kier alpha value is -1.63. The molecule has 3 rings (SSSR count). The zero-order valence-electron chi connectivity index (χ0n) is 19.8. The molecule has 3 N–H and O–H groups in total. The summed E-state index contributed by atoms with van der Waals surface area (Å²) in [4.78, 5) is 0.185. The van der Waals surface area contributed by atoms with Crippen LogP contribution in [-0.2, 0) is 27.6 Å². The smallest absolute Gasteiger partial charge is 0.239 e. The largest absolute Gasteiger partial charge is 0.386 e. The summed E-state index contributed by atoms with van der Waals surface area (Å²) < 4.78 is 26.8. The van der Waals surface area contributed by atoms with Gasteiger partial charge in [0.2, 0.25) is 10.0 Å². The molecular weight excluding hydrogens is 408 g/mol. The van der Waals surface area contributed by atoms with Crippen LogP contribution in [0.4, 0.5) is 0 Å². The van der Waals surface area contributed by atoms with Crippen molar-refractivity contribution in [3.05, 3.63) is 41.1 Å². The Morgan fingerprint density at radius 2 is 1.58 bits per heavy atom. The molecule has 31 heavy (non-hydrogen) atoms. The van der Waals surface area contributed by atoms with Crippen LogP contribution >= 0.6 is 0 Å². The fraction of sp³-hybridized carbons (Fsp3) is 0.600. The summed E-state index contributed by atoms with van der Waals surface area (Å²) in [5.41, 5.74) is 3.25. The summed E-state index contributed by atoms with van der Waals surface area (Å²) in [5, 5.41) is 16.3. The number of benzene rings is 1. The van der Waals surface area contributed by atoms with Crippen LogP contribution in [0.3, 0.4) is 0 Å². The van der Waals surface area contributed by atoms with Gasteiger partial charge in [-0.15, -0.1) is 0 Å². The zero-order valence-corrected chi connectivity index (χ0v) is 20.6. The third kappa shape index (κ3) is 5.41. The number of aromatic nitrogens is 1. The van der Waals surface area contributed by atoms with E-state index in [1.165, 1.54) is 32.1 Å². The molecule has 0 aliphatic heterocycles. The van der Waals surface area contributed by atoms with Crippen molar-refractivity contribution in [3.8, 4) is 11.3 Å². The quantitative estimate of drug-likeness (QED) is 0.660. The normalized spacial score (nSPS) is 16.6. The first-order valence-corrected chi connectivity index (χ1v) is 12.8. The molecule has 1 aliphatic carbocycles. The lowest BCUT2D eigenvalue weighted by Crippen LogP contribution is -2.19. The van der Waals surface area contributed by atoms with Gasteiger partial charge >= 0.3 is 0 Å². The van der Waals surface area contributed by atoms with E-state index < -0.39 is 15.6 Å². The maximum Gasteiger partial charge on any atom is 0.239 e. The van der Waals surface area contributed by atoms with Gasteiger partial charge in [-0.2, -0.15) is 0 Å². The van der Waals surface area contributed by atoms with Gasteiger partial charge in [-0.1, -0.05) is 46.1 Å². The van der Waals surface area contributed by atoms with Gasteiger partial charge in [0.25, 0.3) is 0 Å². The van der Waals surface area contributed by atoms with Crippen molar-refractivity contribution >= 4 is 10.0 Å². The molecule has 6 heteroatoms. The molecule has 5 nitrogen and oxygen atoms in total. The Morgan fingerprint density at radius 3 is 2.10 bits per heavy atom. The van der Waals surface area contributed by atoms with E-state index >= 15 is 0 Å². The molecule has 1 aromatic heterocycles. The summed E-state index contributed by atoms with van der Waals surface area (Å²) in [7, 11) is -3.83. The molecule has 0 radical (unpaired) electrons. The highest BCUT2D eigenvalue weighted by Gasteiger charge is 2.26. The molecule has 0 atom stereocenters.